The normalized spacial score (nSPS) is 17.8. The topological polar surface area (TPSA) is 80.1 Å². The summed E-state index contributed by atoms with van der Waals surface area (Å²) < 4.78 is 1.15. The summed E-state index contributed by atoms with van der Waals surface area (Å²) in [5.41, 5.74) is 0.269. The number of aromatic nitrogens is 3. The number of carbonyl (C=O) groups is 1. The van der Waals surface area contributed by atoms with E-state index in [0.29, 0.717) is 23.5 Å². The van der Waals surface area contributed by atoms with Crippen LogP contribution >= 0.6 is 12.4 Å². The fraction of sp³-hybridized carbons (Fsp3) is 0.467. The quantitative estimate of drug-likeness (QED) is 0.878. The first kappa shape index (κ1) is 17.4. The van der Waals surface area contributed by atoms with Gasteiger partial charge in [-0.05, 0) is 32.0 Å². The molecule has 1 amide bonds. The number of carbonyl (C=O) groups excluding carboxylic acids is 1. The van der Waals surface area contributed by atoms with E-state index in [4.69, 9.17) is 0 Å². The zero-order valence-electron chi connectivity index (χ0n) is 12.9. The molecule has 2 aromatic rings. The van der Waals surface area contributed by atoms with Crippen molar-refractivity contribution in [2.75, 3.05) is 20.1 Å². The SMILES string of the molecule is CNC1CCCN(C(=O)Cn2nnc3ccccc3c2=O)C1.Cl. The number of likely N-dealkylation sites (N-methyl/N-ethyl adjacent to an activating group) is 1. The van der Waals surface area contributed by atoms with E-state index in [9.17, 15) is 9.59 Å². The van der Waals surface area contributed by atoms with Gasteiger partial charge in [-0.15, -0.1) is 17.5 Å². The predicted molar refractivity (Wildman–Crippen MR) is 89.7 cm³/mol. The van der Waals surface area contributed by atoms with Crippen LogP contribution in [0.25, 0.3) is 10.9 Å². The van der Waals surface area contributed by atoms with Crippen molar-refractivity contribution in [3.63, 3.8) is 0 Å². The molecule has 0 bridgehead atoms. The average Bonchev–Trinajstić information content (AvgIpc) is 2.57. The smallest absolute Gasteiger partial charge is 0.278 e. The van der Waals surface area contributed by atoms with Gasteiger partial charge in [0.15, 0.2) is 0 Å². The molecule has 1 fully saturated rings. The van der Waals surface area contributed by atoms with Gasteiger partial charge in [-0.1, -0.05) is 17.3 Å². The third kappa shape index (κ3) is 3.68. The molecule has 1 saturated heterocycles. The highest BCUT2D eigenvalue weighted by molar-refractivity contribution is 5.85. The summed E-state index contributed by atoms with van der Waals surface area (Å²) in [5, 5.41) is 11.6. The summed E-state index contributed by atoms with van der Waals surface area (Å²) in [6.45, 7) is 1.34. The Bertz CT molecular complexity index is 748. The van der Waals surface area contributed by atoms with Crippen molar-refractivity contribution in [1.29, 1.82) is 0 Å². The maximum Gasteiger partial charge on any atom is 0.278 e. The van der Waals surface area contributed by atoms with Crippen LogP contribution in [-0.2, 0) is 11.3 Å². The van der Waals surface area contributed by atoms with Crippen LogP contribution in [0.2, 0.25) is 0 Å². The molecule has 0 saturated carbocycles. The number of hydrogen-bond acceptors (Lipinski definition) is 5. The maximum atomic E-state index is 12.4. The van der Waals surface area contributed by atoms with E-state index in [1.807, 2.05) is 7.05 Å². The van der Waals surface area contributed by atoms with E-state index >= 15 is 0 Å². The van der Waals surface area contributed by atoms with Crippen molar-refractivity contribution >= 4 is 29.2 Å². The Hall–Kier alpha value is -1.99. The van der Waals surface area contributed by atoms with Crippen molar-refractivity contribution in [2.24, 2.45) is 0 Å². The average molecular weight is 338 g/mol. The minimum atomic E-state index is -0.277. The lowest BCUT2D eigenvalue weighted by Crippen LogP contribution is -2.48. The first-order valence-corrected chi connectivity index (χ1v) is 7.46. The van der Waals surface area contributed by atoms with Crippen LogP contribution in [0.15, 0.2) is 29.1 Å². The molecular weight excluding hydrogens is 318 g/mol. The molecule has 3 rings (SSSR count). The van der Waals surface area contributed by atoms with Crippen LogP contribution in [0.5, 0.6) is 0 Å². The highest BCUT2D eigenvalue weighted by atomic mass is 35.5. The zero-order valence-corrected chi connectivity index (χ0v) is 13.8. The monoisotopic (exact) mass is 337 g/mol. The Labute approximate surface area is 140 Å². The Morgan fingerprint density at radius 2 is 2.17 bits per heavy atom. The van der Waals surface area contributed by atoms with Crippen molar-refractivity contribution in [1.82, 2.24) is 25.2 Å². The van der Waals surface area contributed by atoms with Gasteiger partial charge in [0.1, 0.15) is 12.1 Å². The fourth-order valence-electron chi connectivity index (χ4n) is 2.79. The lowest BCUT2D eigenvalue weighted by atomic mass is 10.1. The predicted octanol–water partition coefficient (Wildman–Crippen LogP) is 0.424. The van der Waals surface area contributed by atoms with Crippen LogP contribution in [0.3, 0.4) is 0 Å². The van der Waals surface area contributed by atoms with Gasteiger partial charge in [-0.2, -0.15) is 0 Å². The van der Waals surface area contributed by atoms with E-state index in [2.05, 4.69) is 15.6 Å². The Balaban J connectivity index is 0.00000192. The molecule has 1 aliphatic heterocycles. The number of likely N-dealkylation sites (tertiary alicyclic amines) is 1. The number of amides is 1. The van der Waals surface area contributed by atoms with Gasteiger partial charge in [-0.3, -0.25) is 9.59 Å². The molecule has 0 radical (unpaired) electrons. The Morgan fingerprint density at radius 1 is 1.39 bits per heavy atom. The fourth-order valence-corrected chi connectivity index (χ4v) is 2.79. The number of rotatable bonds is 3. The molecule has 0 aliphatic carbocycles. The van der Waals surface area contributed by atoms with Crippen LogP contribution in [0.1, 0.15) is 12.8 Å². The second-order valence-electron chi connectivity index (χ2n) is 5.54. The van der Waals surface area contributed by atoms with Gasteiger partial charge < -0.3 is 10.2 Å². The van der Waals surface area contributed by atoms with Gasteiger partial charge in [-0.25, -0.2) is 4.68 Å². The lowest BCUT2D eigenvalue weighted by molar-refractivity contribution is -0.133. The first-order valence-electron chi connectivity index (χ1n) is 7.46. The minimum Gasteiger partial charge on any atom is -0.340 e. The van der Waals surface area contributed by atoms with E-state index in [1.165, 1.54) is 0 Å². The van der Waals surface area contributed by atoms with Gasteiger partial charge in [0.05, 0.1) is 5.39 Å². The number of fused-ring (bicyclic) bond motifs is 1. The van der Waals surface area contributed by atoms with Crippen molar-refractivity contribution in [3.8, 4) is 0 Å². The Kier molecular flexibility index (Phi) is 5.68. The highest BCUT2D eigenvalue weighted by Crippen LogP contribution is 2.10. The van der Waals surface area contributed by atoms with E-state index in [-0.39, 0.29) is 30.4 Å². The summed E-state index contributed by atoms with van der Waals surface area (Å²) in [4.78, 5) is 26.5. The zero-order chi connectivity index (χ0) is 15.5. The summed E-state index contributed by atoms with van der Waals surface area (Å²) in [6.07, 6.45) is 2.03. The molecule has 7 nitrogen and oxygen atoms in total. The van der Waals surface area contributed by atoms with Gasteiger partial charge in [0.25, 0.3) is 5.56 Å². The second-order valence-corrected chi connectivity index (χ2v) is 5.54. The molecule has 0 spiro atoms. The van der Waals surface area contributed by atoms with Gasteiger partial charge in [0.2, 0.25) is 5.91 Å². The van der Waals surface area contributed by atoms with Crippen LogP contribution in [0.4, 0.5) is 0 Å². The standard InChI is InChI=1S/C15H19N5O2.ClH/c1-16-11-5-4-8-19(9-11)14(21)10-20-15(22)12-6-2-3-7-13(12)17-18-20;/h2-3,6-7,11,16H,4-5,8-10H2,1H3;1H. The van der Waals surface area contributed by atoms with Crippen LogP contribution in [-0.4, -0.2) is 52.0 Å². The summed E-state index contributed by atoms with van der Waals surface area (Å²) in [7, 11) is 1.90. The lowest BCUT2D eigenvalue weighted by Gasteiger charge is -2.32. The molecule has 8 heteroatoms. The third-order valence-corrected chi connectivity index (χ3v) is 4.10. The summed E-state index contributed by atoms with van der Waals surface area (Å²) >= 11 is 0. The summed E-state index contributed by atoms with van der Waals surface area (Å²) in [5.74, 6) is -0.0911. The number of piperidine rings is 1. The first-order chi connectivity index (χ1) is 10.7. The second kappa shape index (κ2) is 7.52. The van der Waals surface area contributed by atoms with E-state index in [1.54, 1.807) is 29.2 Å². The van der Waals surface area contributed by atoms with Crippen molar-refractivity contribution < 1.29 is 4.79 Å². The molecule has 2 heterocycles. The number of halogens is 1. The largest absolute Gasteiger partial charge is 0.340 e. The van der Waals surface area contributed by atoms with E-state index < -0.39 is 0 Å². The number of benzene rings is 1. The molecule has 1 aromatic heterocycles. The van der Waals surface area contributed by atoms with E-state index in [0.717, 1.165) is 24.1 Å². The minimum absolute atomic E-state index is 0. The third-order valence-electron chi connectivity index (χ3n) is 4.10. The number of nitrogens with zero attached hydrogens (tertiary/aromatic N) is 4. The molecule has 1 aromatic carbocycles. The van der Waals surface area contributed by atoms with Crippen LogP contribution < -0.4 is 10.9 Å². The summed E-state index contributed by atoms with van der Waals surface area (Å²) in [6, 6.07) is 7.33. The highest BCUT2D eigenvalue weighted by Gasteiger charge is 2.23. The molecule has 124 valence electrons. The molecule has 23 heavy (non-hydrogen) atoms. The molecule has 1 atom stereocenters. The molecule has 1 unspecified atom stereocenters. The molecule has 1 aliphatic rings. The van der Waals surface area contributed by atoms with Crippen LogP contribution in [0, 0.1) is 0 Å². The van der Waals surface area contributed by atoms with Gasteiger partial charge >= 0.3 is 0 Å². The Morgan fingerprint density at radius 3 is 2.96 bits per heavy atom. The molecular formula is C15H20ClN5O2. The van der Waals surface area contributed by atoms with Crippen molar-refractivity contribution in [2.45, 2.75) is 25.4 Å². The maximum absolute atomic E-state index is 12.4. The molecule has 1 N–H and O–H groups in total. The number of hydrogen-bond donors (Lipinski definition) is 1. The van der Waals surface area contributed by atoms with Gasteiger partial charge in [0, 0.05) is 19.1 Å². The number of nitrogens with one attached hydrogen (secondary N) is 1. The van der Waals surface area contributed by atoms with Crippen molar-refractivity contribution in [3.05, 3.63) is 34.6 Å².